The molecule has 1 aliphatic rings. The number of allylic oxidation sites excluding steroid dienone is 4. The topological polar surface area (TPSA) is 131 Å². The number of carbonyl (C=O) groups excluding carboxylic acids is 3. The number of methoxy groups -OCH3 is 2. The molecule has 1 amide bonds. The fourth-order valence-electron chi connectivity index (χ4n) is 5.26. The first kappa shape index (κ1) is 76.0. The van der Waals surface area contributed by atoms with Gasteiger partial charge in [0, 0.05) is 60.5 Å². The Morgan fingerprint density at radius 1 is 0.582 bits per heavy atom. The number of hydrogen-bond acceptors (Lipinski definition) is 11. The molecule has 0 spiro atoms. The van der Waals surface area contributed by atoms with Crippen molar-refractivity contribution in [3.05, 3.63) is 24.3 Å². The third kappa shape index (κ3) is 72.6. The molecule has 3 atom stereocenters. The number of nitrogens with zero attached hydrogens (tertiary/aromatic N) is 1. The minimum Gasteiger partial charge on any atom is -0.465 e. The van der Waals surface area contributed by atoms with Crippen molar-refractivity contribution in [2.45, 2.75) is 231 Å². The summed E-state index contributed by atoms with van der Waals surface area (Å²) in [5.41, 5.74) is 0. The van der Waals surface area contributed by atoms with Crippen LogP contribution >= 0.6 is 0 Å². The van der Waals surface area contributed by atoms with E-state index < -0.39 is 18.4 Å². The zero-order valence-electron chi connectivity index (χ0n) is 47.1. The highest BCUT2D eigenvalue weighted by Gasteiger charge is 2.20. The average molecular weight is 964 g/mol. The number of unbranched alkanes of at least 4 members (excludes halogenated alkanes) is 4. The van der Waals surface area contributed by atoms with Crippen molar-refractivity contribution in [3.63, 3.8) is 0 Å². The summed E-state index contributed by atoms with van der Waals surface area (Å²) in [6, 6.07) is 0. The van der Waals surface area contributed by atoms with Crippen LogP contribution in [-0.2, 0) is 42.7 Å². The highest BCUT2D eigenvalue weighted by atomic mass is 16.7. The first-order valence-electron chi connectivity index (χ1n) is 26.8. The van der Waals surface area contributed by atoms with Gasteiger partial charge in [-0.05, 0) is 90.1 Å². The molecular weight excluding hydrogens is 849 g/mol. The molecule has 0 aromatic carbocycles. The Balaban J connectivity index is -0.000000444. The van der Waals surface area contributed by atoms with Gasteiger partial charge in [-0.15, -0.1) is 0 Å². The second-order valence-electron chi connectivity index (χ2n) is 16.5. The summed E-state index contributed by atoms with van der Waals surface area (Å²) >= 11 is 0. The Hall–Kier alpha value is -2.51. The molecule has 1 saturated heterocycles. The number of hydrogen-bond donors (Lipinski definition) is 1. The van der Waals surface area contributed by atoms with Crippen LogP contribution in [0.5, 0.6) is 0 Å². The van der Waals surface area contributed by atoms with E-state index in [4.69, 9.17) is 28.4 Å². The zero-order chi connectivity index (χ0) is 52.0. The molecule has 1 rings (SSSR count). The summed E-state index contributed by atoms with van der Waals surface area (Å²) in [7, 11) is 4.80. The van der Waals surface area contributed by atoms with Crippen molar-refractivity contribution < 1.29 is 47.5 Å². The van der Waals surface area contributed by atoms with Crippen LogP contribution in [0.4, 0.5) is 4.79 Å². The molecule has 12 heteroatoms. The van der Waals surface area contributed by atoms with Crippen molar-refractivity contribution in [1.29, 1.82) is 0 Å². The van der Waals surface area contributed by atoms with Gasteiger partial charge >= 0.3 is 18.0 Å². The van der Waals surface area contributed by atoms with Gasteiger partial charge in [0.15, 0.2) is 6.29 Å². The molecule has 1 heterocycles. The molecule has 0 radical (unpaired) electrons. The molecule has 12 nitrogen and oxygen atoms in total. The van der Waals surface area contributed by atoms with Crippen molar-refractivity contribution >= 4 is 18.0 Å². The molecule has 0 aromatic rings. The van der Waals surface area contributed by atoms with E-state index in [9.17, 15) is 14.4 Å². The van der Waals surface area contributed by atoms with Gasteiger partial charge in [0.2, 0.25) is 0 Å². The number of amides is 1. The maximum absolute atomic E-state index is 12.6. The fraction of sp³-hybridized carbons (Fsp3) is 0.873. The fourth-order valence-corrected chi connectivity index (χ4v) is 5.26. The molecule has 404 valence electrons. The van der Waals surface area contributed by atoms with Crippen LogP contribution in [0.1, 0.15) is 218 Å². The van der Waals surface area contributed by atoms with Crippen LogP contribution in [0.15, 0.2) is 24.3 Å². The lowest BCUT2D eigenvalue weighted by molar-refractivity contribution is -0.161. The number of esters is 2. The average Bonchev–Trinajstić information content (AvgIpc) is 3.82. The number of alkyl carbamates (subject to hydrolysis) is 1. The lowest BCUT2D eigenvalue weighted by Gasteiger charge is -2.20. The third-order valence-corrected chi connectivity index (χ3v) is 8.18. The van der Waals surface area contributed by atoms with Gasteiger partial charge in [0.05, 0.1) is 32.2 Å². The predicted molar refractivity (Wildman–Crippen MR) is 285 cm³/mol. The molecule has 3 unspecified atom stereocenters. The lowest BCUT2D eigenvalue weighted by Crippen LogP contribution is -2.35. The molecule has 0 aromatic heterocycles. The van der Waals surface area contributed by atoms with E-state index in [0.29, 0.717) is 39.0 Å². The molecule has 1 fully saturated rings. The Labute approximate surface area is 416 Å². The molecule has 0 saturated carbocycles. The van der Waals surface area contributed by atoms with Gasteiger partial charge in [0.25, 0.3) is 0 Å². The summed E-state index contributed by atoms with van der Waals surface area (Å²) in [5.74, 6) is -1.06. The molecule has 0 bridgehead atoms. The first-order chi connectivity index (χ1) is 32.4. The molecule has 0 aliphatic carbocycles. The van der Waals surface area contributed by atoms with Gasteiger partial charge in [0.1, 0.15) is 6.10 Å². The van der Waals surface area contributed by atoms with E-state index in [1.807, 2.05) is 6.92 Å². The van der Waals surface area contributed by atoms with E-state index in [0.717, 1.165) is 71.0 Å². The Morgan fingerprint density at radius 3 is 1.39 bits per heavy atom. The number of rotatable bonds is 31. The van der Waals surface area contributed by atoms with Gasteiger partial charge < -0.3 is 43.4 Å². The summed E-state index contributed by atoms with van der Waals surface area (Å²) in [5, 5.41) is 2.80. The third-order valence-electron chi connectivity index (χ3n) is 8.18. The Morgan fingerprint density at radius 2 is 1.00 bits per heavy atom. The first-order valence-corrected chi connectivity index (χ1v) is 26.8. The number of carbonyl (C=O) groups is 3. The van der Waals surface area contributed by atoms with Crippen LogP contribution in [0, 0.1) is 5.92 Å². The van der Waals surface area contributed by atoms with E-state index in [1.165, 1.54) is 44.9 Å². The predicted octanol–water partition coefficient (Wildman–Crippen LogP) is 14.5. The van der Waals surface area contributed by atoms with Gasteiger partial charge in [-0.3, -0.25) is 9.59 Å². The molecule has 1 N–H and O–H groups in total. The van der Waals surface area contributed by atoms with Crippen molar-refractivity contribution in [3.8, 4) is 0 Å². The highest BCUT2D eigenvalue weighted by molar-refractivity contribution is 5.70. The van der Waals surface area contributed by atoms with Gasteiger partial charge in [-0.1, -0.05) is 146 Å². The number of nitrogens with one attached hydrogen (secondary N) is 1. The monoisotopic (exact) mass is 963 g/mol. The van der Waals surface area contributed by atoms with Crippen LogP contribution in [0.2, 0.25) is 0 Å². The second-order valence-corrected chi connectivity index (χ2v) is 16.5. The zero-order valence-corrected chi connectivity index (χ0v) is 47.1. The number of ether oxygens (including phenoxy) is 7. The maximum atomic E-state index is 12.6. The van der Waals surface area contributed by atoms with Crippen LogP contribution in [-0.4, -0.2) is 116 Å². The lowest BCUT2D eigenvalue weighted by atomic mass is 10.1. The maximum Gasteiger partial charge on any atom is 0.407 e. The standard InChI is InChI=1S/C38H68N2O9.5C3H8.C2H6O/c1-5-8-10-12-14-18-28-45-37(46-29-19-15-13-11-9-6-2)23-22-36(42)48-32-33(30-44-4)31-47-35(41)21-20-34(7-3)49-38(43)39-24-27-40-25-16-17-26-40;6*1-3-2/h8-11,33-34,37H,5-7,12-32H2,1-4H3,(H,39,43);5*3H2,1-2H3;1-2H3/b10-8-,11-9?;;;;;;. The minimum atomic E-state index is -0.461. The molecule has 67 heavy (non-hydrogen) atoms. The number of likely N-dealkylation sites (tertiary alicyclic amines) is 1. The van der Waals surface area contributed by atoms with E-state index in [2.05, 4.69) is 122 Å². The second kappa shape index (κ2) is 70.1. The summed E-state index contributed by atoms with van der Waals surface area (Å²) in [4.78, 5) is 39.6. The molecule has 1 aliphatic heterocycles. The van der Waals surface area contributed by atoms with E-state index >= 15 is 0 Å². The van der Waals surface area contributed by atoms with Gasteiger partial charge in [-0.2, -0.15) is 0 Å². The normalized spacial score (nSPS) is 12.9. The molecular formula is C55H114N2O10. The largest absolute Gasteiger partial charge is 0.465 e. The Kier molecular flexibility index (Phi) is 79.5. The SMILES string of the molecule is CCC.CCC.CCC.CCC.CCC.CCC=CCCCCOC(CCC(=O)OCC(COC)COC(=O)CCC(CC)OC(=O)NCCN1CCCC1)OCCCC/C=C\CC.COC. The summed E-state index contributed by atoms with van der Waals surface area (Å²) in [6.45, 7) is 32.5. The van der Waals surface area contributed by atoms with E-state index in [-0.39, 0.29) is 50.7 Å². The Bertz CT molecular complexity index is 953. The van der Waals surface area contributed by atoms with Crippen LogP contribution in [0.25, 0.3) is 0 Å². The van der Waals surface area contributed by atoms with E-state index in [1.54, 1.807) is 21.3 Å². The summed E-state index contributed by atoms with van der Waals surface area (Å²) < 4.78 is 38.0. The minimum absolute atomic E-state index is 0.0598. The van der Waals surface area contributed by atoms with Crippen LogP contribution < -0.4 is 5.32 Å². The van der Waals surface area contributed by atoms with Gasteiger partial charge in [-0.25, -0.2) is 4.79 Å². The van der Waals surface area contributed by atoms with Crippen LogP contribution in [0.3, 0.4) is 0 Å². The smallest absolute Gasteiger partial charge is 0.407 e. The van der Waals surface area contributed by atoms with Crippen molar-refractivity contribution in [2.75, 3.05) is 80.5 Å². The highest BCUT2D eigenvalue weighted by Crippen LogP contribution is 2.13. The van der Waals surface area contributed by atoms with Crippen molar-refractivity contribution in [1.82, 2.24) is 10.2 Å². The quantitative estimate of drug-likeness (QED) is 0.0234. The summed E-state index contributed by atoms with van der Waals surface area (Å²) in [6.07, 6.45) is 25.9. The van der Waals surface area contributed by atoms with Crippen molar-refractivity contribution in [2.24, 2.45) is 5.92 Å².